The van der Waals surface area contributed by atoms with Crippen LogP contribution >= 0.6 is 23.2 Å². The van der Waals surface area contributed by atoms with E-state index in [-0.39, 0.29) is 16.3 Å². The first-order chi connectivity index (χ1) is 19.5. The minimum Gasteiger partial charge on any atom is -0.497 e. The van der Waals surface area contributed by atoms with Crippen molar-refractivity contribution in [2.45, 2.75) is 18.7 Å². The van der Waals surface area contributed by atoms with Crippen LogP contribution in [0, 0.1) is 13.8 Å². The van der Waals surface area contributed by atoms with Crippen LogP contribution in [0.5, 0.6) is 11.5 Å². The van der Waals surface area contributed by atoms with Gasteiger partial charge in [-0.15, -0.1) is 0 Å². The molecule has 0 aliphatic carbocycles. The van der Waals surface area contributed by atoms with Gasteiger partial charge in [-0.25, -0.2) is 13.8 Å². The molecule has 0 fully saturated rings. The Morgan fingerprint density at radius 1 is 0.976 bits per heavy atom. The van der Waals surface area contributed by atoms with Gasteiger partial charge in [0.05, 0.1) is 31.0 Å². The maximum Gasteiger partial charge on any atom is 0.264 e. The summed E-state index contributed by atoms with van der Waals surface area (Å²) in [6.07, 6.45) is 1.49. The molecule has 0 aliphatic rings. The number of benzene rings is 3. The van der Waals surface area contributed by atoms with Crippen LogP contribution in [0.2, 0.25) is 10.0 Å². The highest BCUT2D eigenvalue weighted by Gasteiger charge is 2.29. The average molecular weight is 616 g/mol. The molecule has 1 N–H and O–H groups in total. The number of aryl methyl sites for hydroxylation is 1. The van der Waals surface area contributed by atoms with Gasteiger partial charge in [-0.3, -0.25) is 9.10 Å². The molecule has 9 nitrogen and oxygen atoms in total. The lowest BCUT2D eigenvalue weighted by Crippen LogP contribution is -2.39. The third-order valence-electron chi connectivity index (χ3n) is 6.24. The summed E-state index contributed by atoms with van der Waals surface area (Å²) in [7, 11) is -1.26. The van der Waals surface area contributed by atoms with Gasteiger partial charge in [0, 0.05) is 38.8 Å². The van der Waals surface area contributed by atoms with Crippen molar-refractivity contribution in [3.05, 3.63) is 99.8 Å². The number of nitrogens with one attached hydrogen (secondary N) is 1. The zero-order valence-corrected chi connectivity index (χ0v) is 25.1. The first kappa shape index (κ1) is 30.0. The van der Waals surface area contributed by atoms with Crippen molar-refractivity contribution in [3.63, 3.8) is 0 Å². The Bertz CT molecular complexity index is 1690. The molecule has 12 heteroatoms. The largest absolute Gasteiger partial charge is 0.497 e. The summed E-state index contributed by atoms with van der Waals surface area (Å²) in [6, 6.07) is 19.6. The van der Waals surface area contributed by atoms with Gasteiger partial charge >= 0.3 is 0 Å². The molecule has 1 aromatic heterocycles. The molecule has 1 amide bonds. The van der Waals surface area contributed by atoms with Gasteiger partial charge in [0.25, 0.3) is 15.9 Å². The number of ether oxygens (including phenoxy) is 2. The van der Waals surface area contributed by atoms with Gasteiger partial charge in [-0.2, -0.15) is 5.10 Å². The van der Waals surface area contributed by atoms with E-state index < -0.39 is 22.5 Å². The summed E-state index contributed by atoms with van der Waals surface area (Å²) in [5.74, 6) is 0.0251. The summed E-state index contributed by atoms with van der Waals surface area (Å²) < 4.78 is 40.9. The van der Waals surface area contributed by atoms with Crippen molar-refractivity contribution in [1.82, 2.24) is 9.99 Å². The van der Waals surface area contributed by atoms with E-state index in [1.165, 1.54) is 38.6 Å². The van der Waals surface area contributed by atoms with Gasteiger partial charge < -0.3 is 14.0 Å². The molecule has 41 heavy (non-hydrogen) atoms. The first-order valence-electron chi connectivity index (χ1n) is 12.3. The van der Waals surface area contributed by atoms with E-state index in [1.54, 1.807) is 48.5 Å². The lowest BCUT2D eigenvalue weighted by Gasteiger charge is -2.25. The molecule has 0 aliphatic heterocycles. The molecule has 0 bridgehead atoms. The average Bonchev–Trinajstić information content (AvgIpc) is 3.23. The predicted octanol–water partition coefficient (Wildman–Crippen LogP) is 5.76. The summed E-state index contributed by atoms with van der Waals surface area (Å²) >= 11 is 12.4. The maximum absolute atomic E-state index is 13.7. The standard InChI is InChI=1S/C29H28Cl2N4O5S/c1-19-12-21(20(2)35(19)24-14-22(30)13-23(31)15-24)17-32-33-29(36)18-34(41(37,38)26-8-6-5-7-9-26)27-11-10-25(39-3)16-28(27)40-4/h5-17H,18H2,1-4H3,(H,33,36)/b32-17+. The van der Waals surface area contributed by atoms with E-state index in [2.05, 4.69) is 10.5 Å². The number of nitrogens with zero attached hydrogens (tertiary/aromatic N) is 3. The van der Waals surface area contributed by atoms with E-state index in [1.807, 2.05) is 24.5 Å². The molecule has 1 heterocycles. The van der Waals surface area contributed by atoms with Gasteiger partial charge in [-0.05, 0) is 62.4 Å². The molecule has 4 aromatic rings. The molecular formula is C29H28Cl2N4O5S. The van der Waals surface area contributed by atoms with E-state index in [0.717, 1.165) is 26.9 Å². The number of carbonyl (C=O) groups excluding carboxylic acids is 1. The van der Waals surface area contributed by atoms with Gasteiger partial charge in [0.2, 0.25) is 0 Å². The predicted molar refractivity (Wildman–Crippen MR) is 162 cm³/mol. The van der Waals surface area contributed by atoms with Crippen LogP contribution in [0.1, 0.15) is 17.0 Å². The van der Waals surface area contributed by atoms with Crippen LogP contribution in [0.3, 0.4) is 0 Å². The maximum atomic E-state index is 13.7. The summed E-state index contributed by atoms with van der Waals surface area (Å²) in [5.41, 5.74) is 5.88. The van der Waals surface area contributed by atoms with Crippen LogP contribution in [-0.4, -0.2) is 45.9 Å². The van der Waals surface area contributed by atoms with Crippen LogP contribution < -0.4 is 19.2 Å². The summed E-state index contributed by atoms with van der Waals surface area (Å²) in [6.45, 7) is 3.26. The van der Waals surface area contributed by atoms with E-state index >= 15 is 0 Å². The zero-order valence-electron chi connectivity index (χ0n) is 22.8. The summed E-state index contributed by atoms with van der Waals surface area (Å²) in [5, 5.41) is 5.11. The minimum atomic E-state index is -4.15. The highest BCUT2D eigenvalue weighted by Crippen LogP contribution is 2.35. The van der Waals surface area contributed by atoms with Crippen molar-refractivity contribution in [3.8, 4) is 17.2 Å². The number of carbonyl (C=O) groups is 1. The second-order valence-corrected chi connectivity index (χ2v) is 11.7. The molecule has 4 rings (SSSR count). The Kier molecular flexibility index (Phi) is 9.27. The van der Waals surface area contributed by atoms with Crippen LogP contribution in [0.15, 0.2) is 82.8 Å². The van der Waals surface area contributed by atoms with Crippen molar-refractivity contribution in [1.29, 1.82) is 0 Å². The Morgan fingerprint density at radius 3 is 2.29 bits per heavy atom. The molecular weight excluding hydrogens is 587 g/mol. The minimum absolute atomic E-state index is 0.0164. The molecule has 0 radical (unpaired) electrons. The number of anilines is 1. The fraction of sp³-hybridized carbons (Fsp3) is 0.172. The number of amides is 1. The number of sulfonamides is 1. The highest BCUT2D eigenvalue weighted by molar-refractivity contribution is 7.92. The lowest BCUT2D eigenvalue weighted by molar-refractivity contribution is -0.119. The third kappa shape index (κ3) is 6.67. The third-order valence-corrected chi connectivity index (χ3v) is 8.45. The highest BCUT2D eigenvalue weighted by atomic mass is 35.5. The van der Waals surface area contributed by atoms with E-state index in [9.17, 15) is 13.2 Å². The Hall–Kier alpha value is -3.99. The fourth-order valence-corrected chi connectivity index (χ4v) is 6.30. The fourth-order valence-electron chi connectivity index (χ4n) is 4.33. The van der Waals surface area contributed by atoms with Gasteiger partial charge in [0.1, 0.15) is 18.0 Å². The van der Waals surface area contributed by atoms with Crippen molar-refractivity contribution in [2.75, 3.05) is 25.1 Å². The molecule has 214 valence electrons. The Morgan fingerprint density at radius 2 is 1.66 bits per heavy atom. The molecule has 0 atom stereocenters. The van der Waals surface area contributed by atoms with Gasteiger partial charge in [-0.1, -0.05) is 41.4 Å². The molecule has 0 saturated carbocycles. The zero-order chi connectivity index (χ0) is 29.7. The first-order valence-corrected chi connectivity index (χ1v) is 14.5. The second-order valence-electron chi connectivity index (χ2n) is 8.95. The number of hydrogen-bond acceptors (Lipinski definition) is 6. The Balaban J connectivity index is 1.60. The number of methoxy groups -OCH3 is 2. The number of halogens is 2. The summed E-state index contributed by atoms with van der Waals surface area (Å²) in [4.78, 5) is 13.1. The monoisotopic (exact) mass is 614 g/mol. The van der Waals surface area contributed by atoms with Crippen molar-refractivity contribution in [2.24, 2.45) is 5.10 Å². The quantitative estimate of drug-likeness (QED) is 0.181. The number of hydrogen-bond donors (Lipinski definition) is 1. The number of rotatable bonds is 10. The Labute approximate surface area is 249 Å². The van der Waals surface area contributed by atoms with Crippen molar-refractivity contribution >= 4 is 51.0 Å². The normalized spacial score (nSPS) is 11.5. The van der Waals surface area contributed by atoms with Crippen LogP contribution in [0.25, 0.3) is 5.69 Å². The SMILES string of the molecule is COc1ccc(N(CC(=O)N/N=C/c2cc(C)n(-c3cc(Cl)cc(Cl)c3)c2C)S(=O)(=O)c2ccccc2)c(OC)c1. The molecule has 0 saturated heterocycles. The van der Waals surface area contributed by atoms with E-state index in [4.69, 9.17) is 32.7 Å². The van der Waals surface area contributed by atoms with Crippen LogP contribution in [0.4, 0.5) is 5.69 Å². The second kappa shape index (κ2) is 12.7. The van der Waals surface area contributed by atoms with Crippen molar-refractivity contribution < 1.29 is 22.7 Å². The number of aromatic nitrogens is 1. The molecule has 0 spiro atoms. The van der Waals surface area contributed by atoms with Gasteiger partial charge in [0.15, 0.2) is 0 Å². The number of hydrazone groups is 1. The topological polar surface area (TPSA) is 102 Å². The smallest absolute Gasteiger partial charge is 0.264 e. The molecule has 0 unspecified atom stereocenters. The molecule has 3 aromatic carbocycles. The lowest BCUT2D eigenvalue weighted by atomic mass is 10.2. The van der Waals surface area contributed by atoms with Crippen LogP contribution in [-0.2, 0) is 14.8 Å². The van der Waals surface area contributed by atoms with E-state index in [0.29, 0.717) is 15.8 Å².